The van der Waals surface area contributed by atoms with Crippen LogP contribution in [0, 0.1) is 23.2 Å². The zero-order chi connectivity index (χ0) is 16.0. The summed E-state index contributed by atoms with van der Waals surface area (Å²) in [5.74, 6) is 3.23. The van der Waals surface area contributed by atoms with Crippen molar-refractivity contribution in [3.63, 3.8) is 0 Å². The summed E-state index contributed by atoms with van der Waals surface area (Å²) < 4.78 is 1.60. The minimum Gasteiger partial charge on any atom is -0.352 e. The molecule has 5 rings (SSSR count). The molecule has 4 saturated carbocycles. The average Bonchev–Trinajstić information content (AvgIpc) is 2.89. The van der Waals surface area contributed by atoms with Gasteiger partial charge in [0.25, 0.3) is 0 Å². The molecular formula is C16H25N5OS. The number of aromatic nitrogens is 4. The highest BCUT2D eigenvalue weighted by Gasteiger charge is 2.53. The number of carbonyl (C=O) groups is 1. The number of tetrazole rings is 1. The van der Waals surface area contributed by atoms with Crippen molar-refractivity contribution < 1.29 is 4.79 Å². The number of hydrogen-bond donors (Lipinski definition) is 1. The van der Waals surface area contributed by atoms with Gasteiger partial charge in [-0.2, -0.15) is 0 Å². The van der Waals surface area contributed by atoms with Gasteiger partial charge in [0.15, 0.2) is 0 Å². The molecule has 126 valence electrons. The van der Waals surface area contributed by atoms with Crippen molar-refractivity contribution in [3.05, 3.63) is 0 Å². The van der Waals surface area contributed by atoms with Gasteiger partial charge in [0, 0.05) is 13.1 Å². The Morgan fingerprint density at radius 2 is 1.91 bits per heavy atom. The molecule has 23 heavy (non-hydrogen) atoms. The van der Waals surface area contributed by atoms with Gasteiger partial charge in [0.2, 0.25) is 11.1 Å². The van der Waals surface area contributed by atoms with Crippen LogP contribution in [-0.2, 0) is 11.8 Å². The van der Waals surface area contributed by atoms with Crippen molar-refractivity contribution in [2.75, 3.05) is 5.75 Å². The van der Waals surface area contributed by atoms with E-state index in [1.54, 1.807) is 11.7 Å². The number of nitrogens with zero attached hydrogens (tertiary/aromatic N) is 4. The molecule has 1 heterocycles. The summed E-state index contributed by atoms with van der Waals surface area (Å²) in [7, 11) is 1.79. The van der Waals surface area contributed by atoms with Gasteiger partial charge in [0.05, 0.1) is 5.75 Å². The van der Waals surface area contributed by atoms with E-state index in [0.717, 1.165) is 17.8 Å². The van der Waals surface area contributed by atoms with E-state index >= 15 is 0 Å². The number of hydrogen-bond acceptors (Lipinski definition) is 5. The first-order chi connectivity index (χ1) is 11.0. The Kier molecular flexibility index (Phi) is 3.86. The zero-order valence-electron chi connectivity index (χ0n) is 13.9. The monoisotopic (exact) mass is 335 g/mol. The standard InChI is InChI=1S/C16H25N5OS/c1-10(17-14(22)9-23-15-18-19-20-21(15)2)16-6-11-3-12(7-16)5-13(4-11)8-16/h10-13H,3-9H2,1-2H3,(H,17,22)/t10-,11?,12?,13?,16?/m0/s1. The largest absolute Gasteiger partial charge is 0.352 e. The molecule has 0 aromatic carbocycles. The molecule has 0 saturated heterocycles. The minimum atomic E-state index is 0.0984. The molecule has 1 N–H and O–H groups in total. The van der Waals surface area contributed by atoms with Crippen molar-refractivity contribution in [1.82, 2.24) is 25.5 Å². The molecule has 0 unspecified atom stereocenters. The Balaban J connectivity index is 1.35. The van der Waals surface area contributed by atoms with Gasteiger partial charge < -0.3 is 5.32 Å². The van der Waals surface area contributed by atoms with Crippen LogP contribution in [0.2, 0.25) is 0 Å². The molecule has 7 heteroatoms. The van der Waals surface area contributed by atoms with E-state index in [4.69, 9.17) is 0 Å². The number of nitrogens with one attached hydrogen (secondary N) is 1. The second kappa shape index (κ2) is 5.76. The minimum absolute atomic E-state index is 0.0984. The Hall–Kier alpha value is -1.11. The quantitative estimate of drug-likeness (QED) is 0.834. The third-order valence-electron chi connectivity index (χ3n) is 6.30. The molecule has 0 aliphatic heterocycles. The lowest BCUT2D eigenvalue weighted by molar-refractivity contribution is -0.123. The van der Waals surface area contributed by atoms with Gasteiger partial charge in [0.1, 0.15) is 0 Å². The number of carbonyl (C=O) groups excluding carboxylic acids is 1. The van der Waals surface area contributed by atoms with Crippen LogP contribution in [-0.4, -0.2) is 37.9 Å². The first-order valence-electron chi connectivity index (χ1n) is 8.68. The van der Waals surface area contributed by atoms with Gasteiger partial charge in [-0.25, -0.2) is 4.68 Å². The lowest BCUT2D eigenvalue weighted by atomic mass is 9.48. The maximum absolute atomic E-state index is 12.3. The van der Waals surface area contributed by atoms with Crippen LogP contribution in [0.25, 0.3) is 0 Å². The van der Waals surface area contributed by atoms with Gasteiger partial charge in [-0.3, -0.25) is 4.79 Å². The van der Waals surface area contributed by atoms with E-state index in [1.807, 2.05) is 0 Å². The number of aryl methyl sites for hydroxylation is 1. The fraction of sp³-hybridized carbons (Fsp3) is 0.875. The number of amides is 1. The Morgan fingerprint density at radius 3 is 2.43 bits per heavy atom. The molecule has 0 spiro atoms. The van der Waals surface area contributed by atoms with Gasteiger partial charge in [-0.1, -0.05) is 11.8 Å². The molecule has 4 bridgehead atoms. The zero-order valence-corrected chi connectivity index (χ0v) is 14.7. The first kappa shape index (κ1) is 15.4. The van der Waals surface area contributed by atoms with Gasteiger partial charge in [-0.05, 0) is 79.0 Å². The van der Waals surface area contributed by atoms with E-state index in [2.05, 4.69) is 27.8 Å². The van der Waals surface area contributed by atoms with E-state index in [0.29, 0.717) is 16.3 Å². The van der Waals surface area contributed by atoms with Crippen LogP contribution in [0.15, 0.2) is 5.16 Å². The number of rotatable bonds is 5. The molecule has 1 amide bonds. The lowest BCUT2D eigenvalue weighted by Gasteiger charge is -2.59. The molecule has 6 nitrogen and oxygen atoms in total. The van der Waals surface area contributed by atoms with Gasteiger partial charge in [-0.15, -0.1) is 5.10 Å². The van der Waals surface area contributed by atoms with Crippen LogP contribution in [0.1, 0.15) is 45.4 Å². The topological polar surface area (TPSA) is 72.7 Å². The smallest absolute Gasteiger partial charge is 0.230 e. The van der Waals surface area contributed by atoms with Crippen molar-refractivity contribution in [2.24, 2.45) is 30.2 Å². The molecule has 1 atom stereocenters. The van der Waals surface area contributed by atoms with Crippen LogP contribution in [0.3, 0.4) is 0 Å². The SMILES string of the molecule is C[C@H](NC(=O)CSc1nnnn1C)C12CC3CC(CC(C3)C1)C2. The summed E-state index contributed by atoms with van der Waals surface area (Å²) in [5, 5.41) is 15.3. The third kappa shape index (κ3) is 2.88. The molecule has 4 aliphatic carbocycles. The summed E-state index contributed by atoms with van der Waals surface area (Å²) in [4.78, 5) is 12.3. The highest BCUT2D eigenvalue weighted by Crippen LogP contribution is 2.61. The fourth-order valence-corrected chi connectivity index (χ4v) is 6.28. The Morgan fingerprint density at radius 1 is 1.30 bits per heavy atom. The molecule has 1 aromatic heterocycles. The highest BCUT2D eigenvalue weighted by molar-refractivity contribution is 7.99. The normalized spacial score (nSPS) is 36.2. The van der Waals surface area contributed by atoms with Crippen molar-refractivity contribution in [2.45, 2.75) is 56.6 Å². The summed E-state index contributed by atoms with van der Waals surface area (Å²) in [6, 6.07) is 0.279. The molecule has 1 aromatic rings. The highest BCUT2D eigenvalue weighted by atomic mass is 32.2. The van der Waals surface area contributed by atoms with Crippen molar-refractivity contribution in [3.8, 4) is 0 Å². The summed E-state index contributed by atoms with van der Waals surface area (Å²) >= 11 is 1.40. The predicted molar refractivity (Wildman–Crippen MR) is 87.7 cm³/mol. The fourth-order valence-electron chi connectivity index (χ4n) is 5.62. The van der Waals surface area contributed by atoms with Crippen LogP contribution in [0.5, 0.6) is 0 Å². The van der Waals surface area contributed by atoms with Crippen LogP contribution in [0.4, 0.5) is 0 Å². The van der Waals surface area contributed by atoms with Crippen molar-refractivity contribution >= 4 is 17.7 Å². The molecule has 4 fully saturated rings. The van der Waals surface area contributed by atoms with Crippen molar-refractivity contribution in [1.29, 1.82) is 0 Å². The second-order valence-corrected chi connectivity index (χ2v) is 8.89. The van der Waals surface area contributed by atoms with E-state index in [9.17, 15) is 4.79 Å². The average molecular weight is 335 g/mol. The van der Waals surface area contributed by atoms with E-state index in [-0.39, 0.29) is 11.9 Å². The van der Waals surface area contributed by atoms with E-state index < -0.39 is 0 Å². The molecule has 0 radical (unpaired) electrons. The lowest BCUT2D eigenvalue weighted by Crippen LogP contribution is -2.56. The summed E-state index contributed by atoms with van der Waals surface area (Å²) in [5.41, 5.74) is 0.363. The predicted octanol–water partition coefficient (Wildman–Crippen LogP) is 2.02. The molecule has 4 aliphatic rings. The molecular weight excluding hydrogens is 310 g/mol. The van der Waals surface area contributed by atoms with E-state index in [1.165, 1.54) is 50.3 Å². The second-order valence-electron chi connectivity index (χ2n) is 7.94. The van der Waals surface area contributed by atoms with Gasteiger partial charge >= 0.3 is 0 Å². The Labute approximate surface area is 141 Å². The maximum atomic E-state index is 12.3. The summed E-state index contributed by atoms with van der Waals surface area (Å²) in [6.07, 6.45) is 8.28. The van der Waals surface area contributed by atoms with Crippen LogP contribution >= 0.6 is 11.8 Å². The Bertz CT molecular complexity index is 566. The first-order valence-corrected chi connectivity index (χ1v) is 9.67. The maximum Gasteiger partial charge on any atom is 0.230 e. The third-order valence-corrected chi connectivity index (χ3v) is 7.31. The summed E-state index contributed by atoms with van der Waals surface area (Å²) in [6.45, 7) is 2.22. The van der Waals surface area contributed by atoms with Crippen LogP contribution < -0.4 is 5.32 Å². The number of thioether (sulfide) groups is 1.